The summed E-state index contributed by atoms with van der Waals surface area (Å²) in [7, 11) is 1.33. The average molecular weight is 294 g/mol. The van der Waals surface area contributed by atoms with E-state index in [-0.39, 0.29) is 11.8 Å². The van der Waals surface area contributed by atoms with Gasteiger partial charge in [0, 0.05) is 23.2 Å². The normalized spacial score (nSPS) is 12.2. The topological polar surface area (TPSA) is 51.5 Å². The number of benzene rings is 1. The summed E-state index contributed by atoms with van der Waals surface area (Å²) in [6, 6.07) is 9.54. The van der Waals surface area contributed by atoms with Crippen LogP contribution in [0.25, 0.3) is 0 Å². The molecular weight excluding hydrogens is 278 g/mol. The fraction of sp³-hybridized carbons (Fsp3) is 0.267. The molecule has 0 fully saturated rings. The molecule has 0 saturated heterocycles. The fourth-order valence-electron chi connectivity index (χ4n) is 1.88. The molecule has 5 heteroatoms. The van der Waals surface area contributed by atoms with Gasteiger partial charge in [-0.15, -0.1) is 0 Å². The first-order valence-corrected chi connectivity index (χ1v) is 6.63. The highest BCUT2D eigenvalue weighted by atomic mass is 35.5. The van der Waals surface area contributed by atoms with Gasteiger partial charge in [0.2, 0.25) is 5.76 Å². The van der Waals surface area contributed by atoms with Crippen molar-refractivity contribution in [3.63, 3.8) is 0 Å². The molecule has 2 rings (SSSR count). The van der Waals surface area contributed by atoms with Gasteiger partial charge in [0.05, 0.1) is 13.4 Å². The number of esters is 1. The summed E-state index contributed by atoms with van der Waals surface area (Å²) >= 11 is 5.86. The molecule has 0 bridgehead atoms. The van der Waals surface area contributed by atoms with Crippen LogP contribution < -0.4 is 5.32 Å². The second-order valence-electron chi connectivity index (χ2n) is 4.42. The summed E-state index contributed by atoms with van der Waals surface area (Å²) in [6.07, 6.45) is 1.48. The van der Waals surface area contributed by atoms with Crippen molar-refractivity contribution in [2.75, 3.05) is 7.11 Å². The average Bonchev–Trinajstić information content (AvgIpc) is 2.93. The third kappa shape index (κ3) is 3.40. The molecule has 2 aromatic rings. The van der Waals surface area contributed by atoms with E-state index in [2.05, 4.69) is 10.1 Å². The second-order valence-corrected chi connectivity index (χ2v) is 4.86. The molecule has 1 N–H and O–H groups in total. The minimum absolute atomic E-state index is 0.132. The predicted octanol–water partition coefficient (Wildman–Crippen LogP) is 3.57. The number of hydrogen-bond donors (Lipinski definition) is 1. The number of halogens is 1. The third-order valence-corrected chi connectivity index (χ3v) is 3.34. The summed E-state index contributed by atoms with van der Waals surface area (Å²) in [6.45, 7) is 2.56. The molecule has 0 aliphatic carbocycles. The Morgan fingerprint density at radius 2 is 2.05 bits per heavy atom. The van der Waals surface area contributed by atoms with E-state index in [9.17, 15) is 4.79 Å². The summed E-state index contributed by atoms with van der Waals surface area (Å²) in [4.78, 5) is 11.5. The van der Waals surface area contributed by atoms with E-state index in [0.717, 1.165) is 11.1 Å². The molecule has 106 valence electrons. The highest BCUT2D eigenvalue weighted by Crippen LogP contribution is 2.18. The van der Waals surface area contributed by atoms with Gasteiger partial charge >= 0.3 is 5.97 Å². The van der Waals surface area contributed by atoms with Gasteiger partial charge in [0.25, 0.3) is 0 Å². The smallest absolute Gasteiger partial charge is 0.374 e. The Morgan fingerprint density at radius 1 is 1.35 bits per heavy atom. The van der Waals surface area contributed by atoms with Crippen molar-refractivity contribution in [1.82, 2.24) is 5.32 Å². The van der Waals surface area contributed by atoms with Crippen LogP contribution in [-0.4, -0.2) is 13.1 Å². The van der Waals surface area contributed by atoms with Crippen LogP contribution in [0.1, 0.15) is 34.6 Å². The van der Waals surface area contributed by atoms with Gasteiger partial charge in [-0.3, -0.25) is 0 Å². The lowest BCUT2D eigenvalue weighted by molar-refractivity contribution is 0.0563. The second kappa shape index (κ2) is 6.59. The summed E-state index contributed by atoms with van der Waals surface area (Å²) in [5.74, 6) is -0.228. The number of carbonyl (C=O) groups excluding carboxylic acids is 1. The lowest BCUT2D eigenvalue weighted by Gasteiger charge is -2.14. The molecule has 1 heterocycles. The first kappa shape index (κ1) is 14.6. The van der Waals surface area contributed by atoms with Crippen LogP contribution in [0.2, 0.25) is 5.02 Å². The number of methoxy groups -OCH3 is 1. The first-order valence-electron chi connectivity index (χ1n) is 6.25. The van der Waals surface area contributed by atoms with Crippen LogP contribution in [0.3, 0.4) is 0 Å². The van der Waals surface area contributed by atoms with Crippen molar-refractivity contribution in [2.45, 2.75) is 19.5 Å². The molecule has 0 amide bonds. The van der Waals surface area contributed by atoms with Gasteiger partial charge in [0.1, 0.15) is 0 Å². The quantitative estimate of drug-likeness (QED) is 0.856. The Labute approximate surface area is 122 Å². The summed E-state index contributed by atoms with van der Waals surface area (Å²) < 4.78 is 9.80. The molecule has 1 atom stereocenters. The summed E-state index contributed by atoms with van der Waals surface area (Å²) in [5, 5.41) is 4.04. The zero-order chi connectivity index (χ0) is 14.5. The molecule has 20 heavy (non-hydrogen) atoms. The van der Waals surface area contributed by atoms with Gasteiger partial charge in [-0.05, 0) is 30.7 Å². The molecule has 1 aromatic carbocycles. The Bertz CT molecular complexity index is 577. The fourth-order valence-corrected chi connectivity index (χ4v) is 2.01. The molecule has 0 radical (unpaired) electrons. The van der Waals surface area contributed by atoms with Crippen molar-refractivity contribution in [1.29, 1.82) is 0 Å². The number of furan rings is 1. The standard InChI is InChI=1S/C15H16ClNO3/c1-10(11-3-5-13(16)6-4-11)17-9-12-7-8-20-14(12)15(18)19-2/h3-8,10,17H,9H2,1-2H3/t10-/m1/s1. The van der Waals surface area contributed by atoms with Gasteiger partial charge in [-0.25, -0.2) is 4.79 Å². The molecule has 1 aromatic heterocycles. The van der Waals surface area contributed by atoms with Gasteiger partial charge in [-0.1, -0.05) is 23.7 Å². The van der Waals surface area contributed by atoms with E-state index >= 15 is 0 Å². The molecule has 0 unspecified atom stereocenters. The van der Waals surface area contributed by atoms with Crippen LogP contribution in [0.4, 0.5) is 0 Å². The third-order valence-electron chi connectivity index (χ3n) is 3.09. The number of rotatable bonds is 5. The SMILES string of the molecule is COC(=O)c1occc1CN[C@H](C)c1ccc(Cl)cc1. The van der Waals surface area contributed by atoms with Crippen molar-refractivity contribution in [3.8, 4) is 0 Å². The van der Waals surface area contributed by atoms with Crippen molar-refractivity contribution < 1.29 is 13.9 Å². The largest absolute Gasteiger partial charge is 0.463 e. The Hall–Kier alpha value is -1.78. The molecular formula is C15H16ClNO3. The number of hydrogen-bond acceptors (Lipinski definition) is 4. The van der Waals surface area contributed by atoms with E-state index in [1.807, 2.05) is 31.2 Å². The van der Waals surface area contributed by atoms with E-state index in [4.69, 9.17) is 16.0 Å². The highest BCUT2D eigenvalue weighted by Gasteiger charge is 2.16. The van der Waals surface area contributed by atoms with E-state index in [1.165, 1.54) is 13.4 Å². The van der Waals surface area contributed by atoms with Crippen molar-refractivity contribution in [3.05, 3.63) is 58.5 Å². The van der Waals surface area contributed by atoms with Crippen molar-refractivity contribution >= 4 is 17.6 Å². The zero-order valence-electron chi connectivity index (χ0n) is 11.4. The van der Waals surface area contributed by atoms with E-state index in [1.54, 1.807) is 6.07 Å². The van der Waals surface area contributed by atoms with Gasteiger partial charge in [-0.2, -0.15) is 0 Å². The van der Waals surface area contributed by atoms with Gasteiger partial charge in [0.15, 0.2) is 0 Å². The number of ether oxygens (including phenoxy) is 1. The number of nitrogens with one attached hydrogen (secondary N) is 1. The Morgan fingerprint density at radius 3 is 2.70 bits per heavy atom. The summed E-state index contributed by atoms with van der Waals surface area (Å²) in [5.41, 5.74) is 1.90. The minimum atomic E-state index is -0.467. The van der Waals surface area contributed by atoms with Crippen LogP contribution in [0, 0.1) is 0 Å². The van der Waals surface area contributed by atoms with E-state index in [0.29, 0.717) is 11.6 Å². The van der Waals surface area contributed by atoms with Crippen LogP contribution in [-0.2, 0) is 11.3 Å². The Balaban J connectivity index is 2.00. The van der Waals surface area contributed by atoms with Crippen LogP contribution in [0.15, 0.2) is 41.0 Å². The predicted molar refractivity (Wildman–Crippen MR) is 76.8 cm³/mol. The minimum Gasteiger partial charge on any atom is -0.463 e. The van der Waals surface area contributed by atoms with Crippen LogP contribution in [0.5, 0.6) is 0 Å². The maximum Gasteiger partial charge on any atom is 0.374 e. The maximum absolute atomic E-state index is 11.5. The lowest BCUT2D eigenvalue weighted by Crippen LogP contribution is -2.19. The van der Waals surface area contributed by atoms with E-state index < -0.39 is 5.97 Å². The molecule has 0 spiro atoms. The number of carbonyl (C=O) groups is 1. The van der Waals surface area contributed by atoms with Gasteiger partial charge < -0.3 is 14.5 Å². The molecule has 0 aliphatic heterocycles. The lowest BCUT2D eigenvalue weighted by atomic mass is 10.1. The first-order chi connectivity index (χ1) is 9.61. The molecule has 4 nitrogen and oxygen atoms in total. The molecule has 0 saturated carbocycles. The van der Waals surface area contributed by atoms with Crippen molar-refractivity contribution in [2.24, 2.45) is 0 Å². The van der Waals surface area contributed by atoms with Crippen LogP contribution >= 0.6 is 11.6 Å². The molecule has 0 aliphatic rings. The maximum atomic E-state index is 11.5. The zero-order valence-corrected chi connectivity index (χ0v) is 12.1. The highest BCUT2D eigenvalue weighted by molar-refractivity contribution is 6.30. The monoisotopic (exact) mass is 293 g/mol. The Kier molecular flexibility index (Phi) is 4.82.